The van der Waals surface area contributed by atoms with Crippen LogP contribution < -0.4 is 15.8 Å². The van der Waals surface area contributed by atoms with Crippen molar-refractivity contribution < 1.29 is 18.2 Å². The molecule has 3 aromatic rings. The van der Waals surface area contributed by atoms with E-state index >= 15 is 0 Å². The molecular weight excluding hydrogens is 495 g/mol. The Balaban J connectivity index is 1.96. The van der Waals surface area contributed by atoms with E-state index in [9.17, 15) is 23.0 Å². The van der Waals surface area contributed by atoms with Gasteiger partial charge in [0.1, 0.15) is 17.2 Å². The van der Waals surface area contributed by atoms with Crippen molar-refractivity contribution in [2.75, 3.05) is 24.3 Å². The number of nitrogens with zero attached hydrogens (tertiary/aromatic N) is 3. The monoisotopic (exact) mass is 524 g/mol. The van der Waals surface area contributed by atoms with Crippen molar-refractivity contribution in [1.29, 1.82) is 0 Å². The van der Waals surface area contributed by atoms with Gasteiger partial charge >= 0.3 is 0 Å². The number of halogens is 1. The summed E-state index contributed by atoms with van der Waals surface area (Å²) in [7, 11) is 3.36. The van der Waals surface area contributed by atoms with Gasteiger partial charge in [-0.15, -0.1) is 0 Å². The number of aryl methyl sites for hydroxylation is 1. The van der Waals surface area contributed by atoms with Crippen LogP contribution in [0.2, 0.25) is 0 Å². The summed E-state index contributed by atoms with van der Waals surface area (Å²) in [5.74, 6) is -1.01. The topological polar surface area (TPSA) is 91.7 Å². The standard InChI is InChI=1S/C27H29FN4O4S/c1-16-9-12-22(21(28)13-16)29-25-23(27(35)30(3)4)24(17(2)26(34)31(25)5)32(15-33)18-7-6-8-20(14-18)37(36)19-10-11-19/h6-9,12-15,19,29H,10-11H2,1-5H3. The zero-order chi connectivity index (χ0) is 27.0. The van der Waals surface area contributed by atoms with Crippen molar-refractivity contribution in [1.82, 2.24) is 9.47 Å². The summed E-state index contributed by atoms with van der Waals surface area (Å²) < 4.78 is 28.8. The van der Waals surface area contributed by atoms with E-state index in [0.717, 1.165) is 12.8 Å². The highest BCUT2D eigenvalue weighted by Crippen LogP contribution is 2.37. The fraction of sp³-hybridized carbons (Fsp3) is 0.296. The number of rotatable bonds is 8. The first kappa shape index (κ1) is 26.3. The van der Waals surface area contributed by atoms with Gasteiger partial charge in [0.05, 0.1) is 22.2 Å². The number of hydrogen-bond donors (Lipinski definition) is 1. The third-order valence-electron chi connectivity index (χ3n) is 6.29. The number of pyridine rings is 1. The zero-order valence-electron chi connectivity index (χ0n) is 21.4. The Hall–Kier alpha value is -3.79. The Morgan fingerprint density at radius 1 is 1.16 bits per heavy atom. The molecule has 1 heterocycles. The number of nitrogens with one attached hydrogen (secondary N) is 1. The van der Waals surface area contributed by atoms with E-state index in [1.807, 2.05) is 0 Å². The van der Waals surface area contributed by atoms with E-state index in [0.29, 0.717) is 22.6 Å². The Bertz CT molecular complexity index is 1480. The molecule has 37 heavy (non-hydrogen) atoms. The summed E-state index contributed by atoms with van der Waals surface area (Å²) >= 11 is 0. The summed E-state index contributed by atoms with van der Waals surface area (Å²) in [4.78, 5) is 42.5. The first-order valence-corrected chi connectivity index (χ1v) is 13.0. The van der Waals surface area contributed by atoms with Crippen LogP contribution in [-0.4, -0.2) is 45.3 Å². The maximum atomic E-state index is 14.8. The molecule has 2 amide bonds. The lowest BCUT2D eigenvalue weighted by Gasteiger charge is -2.27. The Labute approximate surface area is 217 Å². The second-order valence-electron chi connectivity index (χ2n) is 9.34. The normalized spacial score (nSPS) is 13.7. The Kier molecular flexibility index (Phi) is 7.31. The Morgan fingerprint density at radius 2 is 1.86 bits per heavy atom. The van der Waals surface area contributed by atoms with Crippen molar-refractivity contribution >= 4 is 46.0 Å². The van der Waals surface area contributed by atoms with E-state index in [1.165, 1.54) is 40.5 Å². The van der Waals surface area contributed by atoms with Crippen molar-refractivity contribution in [3.05, 3.63) is 75.3 Å². The van der Waals surface area contributed by atoms with Gasteiger partial charge in [0, 0.05) is 42.5 Å². The van der Waals surface area contributed by atoms with Gasteiger partial charge in [-0.05, 0) is 62.6 Å². The Morgan fingerprint density at radius 3 is 2.46 bits per heavy atom. The summed E-state index contributed by atoms with van der Waals surface area (Å²) in [6, 6.07) is 11.3. The molecule has 1 atom stereocenters. The van der Waals surface area contributed by atoms with E-state index in [1.54, 1.807) is 51.4 Å². The maximum Gasteiger partial charge on any atom is 0.259 e. The molecule has 1 unspecified atom stereocenters. The van der Waals surface area contributed by atoms with Crippen LogP contribution >= 0.6 is 0 Å². The number of carbonyl (C=O) groups is 2. The summed E-state index contributed by atoms with van der Waals surface area (Å²) in [5.41, 5.74) is 0.919. The number of aromatic nitrogens is 1. The van der Waals surface area contributed by atoms with Crippen LogP contribution in [0.4, 0.5) is 27.3 Å². The average molecular weight is 525 g/mol. The van der Waals surface area contributed by atoms with Crippen molar-refractivity contribution in [3.8, 4) is 0 Å². The molecule has 0 bridgehead atoms. The molecule has 8 nitrogen and oxygen atoms in total. The van der Waals surface area contributed by atoms with Gasteiger partial charge in [0.25, 0.3) is 11.5 Å². The molecule has 4 rings (SSSR count). The number of anilines is 4. The quantitative estimate of drug-likeness (QED) is 0.447. The molecule has 1 aliphatic carbocycles. The fourth-order valence-electron chi connectivity index (χ4n) is 4.12. The molecule has 1 aliphatic rings. The molecule has 0 radical (unpaired) electrons. The molecular formula is C27H29FN4O4S. The lowest BCUT2D eigenvalue weighted by Crippen LogP contribution is -2.33. The minimum absolute atomic E-state index is 0.0189. The predicted molar refractivity (Wildman–Crippen MR) is 143 cm³/mol. The molecule has 0 spiro atoms. The van der Waals surface area contributed by atoms with Crippen LogP contribution in [0, 0.1) is 19.7 Å². The molecule has 1 saturated carbocycles. The van der Waals surface area contributed by atoms with Gasteiger partial charge in [0.15, 0.2) is 0 Å². The van der Waals surface area contributed by atoms with E-state index in [-0.39, 0.29) is 33.6 Å². The van der Waals surface area contributed by atoms with E-state index in [4.69, 9.17) is 0 Å². The molecule has 194 valence electrons. The zero-order valence-corrected chi connectivity index (χ0v) is 22.2. The molecule has 2 aromatic carbocycles. The van der Waals surface area contributed by atoms with Crippen LogP contribution in [0.25, 0.3) is 0 Å². The first-order chi connectivity index (χ1) is 17.5. The molecule has 10 heteroatoms. The smallest absolute Gasteiger partial charge is 0.259 e. The predicted octanol–water partition coefficient (Wildman–Crippen LogP) is 4.15. The molecule has 0 aliphatic heterocycles. The second kappa shape index (κ2) is 10.3. The highest BCUT2D eigenvalue weighted by atomic mass is 32.2. The molecule has 0 saturated heterocycles. The van der Waals surface area contributed by atoms with Crippen LogP contribution in [0.15, 0.2) is 52.2 Å². The SMILES string of the molecule is Cc1ccc(Nc2c(C(=O)N(C)C)c(N(C=O)c3cccc(S(=O)C4CC4)c3)c(C)c(=O)n2C)c(F)c1. The maximum absolute atomic E-state index is 14.8. The third-order valence-corrected chi connectivity index (χ3v) is 8.08. The summed E-state index contributed by atoms with van der Waals surface area (Å²) in [6.07, 6.45) is 2.28. The summed E-state index contributed by atoms with van der Waals surface area (Å²) in [6.45, 7) is 3.28. The van der Waals surface area contributed by atoms with Gasteiger partial charge in [-0.25, -0.2) is 4.39 Å². The third kappa shape index (κ3) is 5.06. The largest absolute Gasteiger partial charge is 0.345 e. The average Bonchev–Trinajstić information content (AvgIpc) is 3.72. The van der Waals surface area contributed by atoms with Crippen molar-refractivity contribution in [3.63, 3.8) is 0 Å². The van der Waals surface area contributed by atoms with Crippen LogP contribution in [0.3, 0.4) is 0 Å². The molecule has 1 aromatic heterocycles. The van der Waals surface area contributed by atoms with E-state index < -0.39 is 28.1 Å². The van der Waals surface area contributed by atoms with Gasteiger partial charge in [0.2, 0.25) is 6.41 Å². The number of benzene rings is 2. The van der Waals surface area contributed by atoms with Crippen LogP contribution in [0.5, 0.6) is 0 Å². The van der Waals surface area contributed by atoms with Gasteiger partial charge in [-0.1, -0.05) is 12.1 Å². The fourth-order valence-corrected chi connectivity index (χ4v) is 5.52. The number of hydrogen-bond acceptors (Lipinski definition) is 5. The molecule has 1 N–H and O–H groups in total. The number of amides is 2. The summed E-state index contributed by atoms with van der Waals surface area (Å²) in [5, 5.41) is 3.01. The van der Waals surface area contributed by atoms with Gasteiger partial charge < -0.3 is 10.2 Å². The second-order valence-corrected chi connectivity index (χ2v) is 11.1. The van der Waals surface area contributed by atoms with Gasteiger partial charge in [-0.2, -0.15) is 0 Å². The van der Waals surface area contributed by atoms with Crippen LogP contribution in [-0.2, 0) is 22.6 Å². The van der Waals surface area contributed by atoms with Crippen molar-refractivity contribution in [2.45, 2.75) is 36.8 Å². The minimum atomic E-state index is -1.22. The van der Waals surface area contributed by atoms with Crippen LogP contribution in [0.1, 0.15) is 34.3 Å². The highest BCUT2D eigenvalue weighted by molar-refractivity contribution is 7.86. The lowest BCUT2D eigenvalue weighted by molar-refractivity contribution is -0.106. The molecule has 1 fully saturated rings. The van der Waals surface area contributed by atoms with E-state index in [2.05, 4.69) is 5.32 Å². The van der Waals surface area contributed by atoms with Gasteiger partial charge in [-0.3, -0.25) is 28.1 Å². The highest BCUT2D eigenvalue weighted by Gasteiger charge is 2.31. The lowest BCUT2D eigenvalue weighted by atomic mass is 10.1. The number of carbonyl (C=O) groups excluding carboxylic acids is 2. The van der Waals surface area contributed by atoms with Crippen molar-refractivity contribution in [2.24, 2.45) is 7.05 Å². The minimum Gasteiger partial charge on any atom is -0.345 e. The first-order valence-electron chi connectivity index (χ1n) is 11.8.